The van der Waals surface area contributed by atoms with Gasteiger partial charge < -0.3 is 9.73 Å². The Morgan fingerprint density at radius 2 is 1.95 bits per heavy atom. The van der Waals surface area contributed by atoms with Crippen LogP contribution in [0.4, 0.5) is 0 Å². The van der Waals surface area contributed by atoms with Crippen LogP contribution in [0, 0.1) is 0 Å². The Kier molecular flexibility index (Phi) is 5.55. The van der Waals surface area contributed by atoms with Gasteiger partial charge in [-0.3, -0.25) is 0 Å². The molecule has 0 aliphatic heterocycles. The zero-order chi connectivity index (χ0) is 13.5. The van der Waals surface area contributed by atoms with Gasteiger partial charge in [0.2, 0.25) is 0 Å². The molecule has 3 heteroatoms. The van der Waals surface area contributed by atoms with E-state index in [0.29, 0.717) is 11.3 Å². The number of hydrogen-bond acceptors (Lipinski definition) is 3. The van der Waals surface area contributed by atoms with Crippen LogP contribution < -0.4 is 5.32 Å². The first kappa shape index (κ1) is 14.2. The largest absolute Gasteiger partial charge is 0.468 e. The molecule has 2 atom stereocenters. The zero-order valence-electron chi connectivity index (χ0n) is 11.5. The molecule has 1 aromatic carbocycles. The summed E-state index contributed by atoms with van der Waals surface area (Å²) in [6.45, 7) is 2.24. The molecule has 0 fully saturated rings. The molecule has 0 saturated heterocycles. The van der Waals surface area contributed by atoms with Crippen molar-refractivity contribution in [3.63, 3.8) is 0 Å². The fourth-order valence-electron chi connectivity index (χ4n) is 2.26. The lowest BCUT2D eigenvalue weighted by Gasteiger charge is -2.25. The molecule has 1 N–H and O–H groups in total. The first-order chi connectivity index (χ1) is 9.35. The Morgan fingerprint density at radius 1 is 1.16 bits per heavy atom. The lowest BCUT2D eigenvalue weighted by molar-refractivity contribution is 0.526. The highest BCUT2D eigenvalue weighted by atomic mass is 32.2. The molecule has 102 valence electrons. The zero-order valence-corrected chi connectivity index (χ0v) is 12.3. The number of rotatable bonds is 7. The fourth-order valence-corrected chi connectivity index (χ4v) is 3.53. The summed E-state index contributed by atoms with van der Waals surface area (Å²) in [7, 11) is 2.04. The van der Waals surface area contributed by atoms with Crippen LogP contribution in [0.25, 0.3) is 0 Å². The van der Waals surface area contributed by atoms with Crippen molar-refractivity contribution in [3.8, 4) is 0 Å². The molecule has 0 saturated carbocycles. The quantitative estimate of drug-likeness (QED) is 0.817. The maximum Gasteiger partial charge on any atom is 0.113 e. The number of nitrogens with one attached hydrogen (secondary N) is 1. The van der Waals surface area contributed by atoms with Gasteiger partial charge in [0.05, 0.1) is 12.0 Å². The predicted octanol–water partition coefficient (Wildman–Crippen LogP) is 4.25. The molecule has 2 aromatic rings. The summed E-state index contributed by atoms with van der Waals surface area (Å²) >= 11 is 1.95. The third-order valence-electron chi connectivity index (χ3n) is 3.26. The van der Waals surface area contributed by atoms with Crippen LogP contribution in [0.3, 0.4) is 0 Å². The van der Waals surface area contributed by atoms with Crippen molar-refractivity contribution >= 4 is 11.8 Å². The minimum atomic E-state index is 0.381. The molecule has 2 rings (SSSR count). The van der Waals surface area contributed by atoms with Gasteiger partial charge >= 0.3 is 0 Å². The Bertz CT molecular complexity index is 455. The normalized spacial score (nSPS) is 14.2. The molecule has 0 aliphatic rings. The van der Waals surface area contributed by atoms with Gasteiger partial charge in [-0.2, -0.15) is 0 Å². The number of thioether (sulfide) groups is 1. The van der Waals surface area contributed by atoms with Crippen molar-refractivity contribution < 1.29 is 4.42 Å². The Morgan fingerprint density at radius 3 is 2.53 bits per heavy atom. The summed E-state index contributed by atoms with van der Waals surface area (Å²) < 4.78 is 5.41. The summed E-state index contributed by atoms with van der Waals surface area (Å²) in [4.78, 5) is 0. The third kappa shape index (κ3) is 3.88. The summed E-state index contributed by atoms with van der Waals surface area (Å²) in [5.41, 5.74) is 1.35. The van der Waals surface area contributed by atoms with Crippen molar-refractivity contribution in [1.82, 2.24) is 5.32 Å². The van der Waals surface area contributed by atoms with Crippen molar-refractivity contribution in [2.45, 2.75) is 30.4 Å². The standard InChI is InChI=1S/C16H21NOS/c1-3-15(19-12-14-10-7-11-18-14)16(17-2)13-8-5-4-6-9-13/h4-11,15-17H,3,12H2,1-2H3. The first-order valence-corrected chi connectivity index (χ1v) is 7.76. The Labute approximate surface area is 119 Å². The maximum atomic E-state index is 5.41. The van der Waals surface area contributed by atoms with Crippen molar-refractivity contribution in [3.05, 3.63) is 60.1 Å². The molecule has 19 heavy (non-hydrogen) atoms. The minimum absolute atomic E-state index is 0.381. The molecule has 1 aromatic heterocycles. The molecular weight excluding hydrogens is 254 g/mol. The predicted molar refractivity (Wildman–Crippen MR) is 82.3 cm³/mol. The van der Waals surface area contributed by atoms with Crippen LogP contribution in [0.2, 0.25) is 0 Å². The van der Waals surface area contributed by atoms with Gasteiger partial charge in [-0.1, -0.05) is 37.3 Å². The van der Waals surface area contributed by atoms with Crippen LogP contribution in [0.1, 0.15) is 30.7 Å². The molecule has 0 radical (unpaired) electrons. The van der Waals surface area contributed by atoms with Crippen LogP contribution in [-0.4, -0.2) is 12.3 Å². The van der Waals surface area contributed by atoms with Crippen LogP contribution in [0.5, 0.6) is 0 Å². The van der Waals surface area contributed by atoms with Gasteiger partial charge in [-0.25, -0.2) is 0 Å². The molecule has 0 spiro atoms. The van der Waals surface area contributed by atoms with Crippen LogP contribution >= 0.6 is 11.8 Å². The monoisotopic (exact) mass is 275 g/mol. The molecule has 0 bridgehead atoms. The second kappa shape index (κ2) is 7.41. The highest BCUT2D eigenvalue weighted by Gasteiger charge is 2.20. The summed E-state index contributed by atoms with van der Waals surface area (Å²) in [6, 6.07) is 15.0. The third-order valence-corrected chi connectivity index (χ3v) is 4.75. The van der Waals surface area contributed by atoms with E-state index >= 15 is 0 Å². The number of hydrogen-bond donors (Lipinski definition) is 1. The first-order valence-electron chi connectivity index (χ1n) is 6.71. The van der Waals surface area contributed by atoms with E-state index in [0.717, 1.165) is 17.9 Å². The fraction of sp³-hybridized carbons (Fsp3) is 0.375. The van der Waals surface area contributed by atoms with E-state index in [1.165, 1.54) is 5.56 Å². The van der Waals surface area contributed by atoms with Crippen molar-refractivity contribution in [2.75, 3.05) is 7.05 Å². The average molecular weight is 275 g/mol. The SMILES string of the molecule is CCC(SCc1ccco1)C(NC)c1ccccc1. The second-order valence-electron chi connectivity index (χ2n) is 4.51. The summed E-state index contributed by atoms with van der Waals surface area (Å²) in [6.07, 6.45) is 2.87. The van der Waals surface area contributed by atoms with Crippen molar-refractivity contribution in [1.29, 1.82) is 0 Å². The van der Waals surface area contributed by atoms with E-state index in [1.807, 2.05) is 30.9 Å². The summed E-state index contributed by atoms with van der Waals surface area (Å²) in [5, 5.41) is 3.99. The molecule has 1 heterocycles. The van der Waals surface area contributed by atoms with E-state index in [4.69, 9.17) is 4.42 Å². The molecule has 0 amide bonds. The van der Waals surface area contributed by atoms with Crippen LogP contribution in [0.15, 0.2) is 53.1 Å². The minimum Gasteiger partial charge on any atom is -0.468 e. The van der Waals surface area contributed by atoms with Gasteiger partial charge in [-0.05, 0) is 31.2 Å². The van der Waals surface area contributed by atoms with E-state index in [9.17, 15) is 0 Å². The van der Waals surface area contributed by atoms with E-state index in [-0.39, 0.29) is 0 Å². The van der Waals surface area contributed by atoms with E-state index in [1.54, 1.807) is 6.26 Å². The number of furan rings is 1. The average Bonchev–Trinajstić information content (AvgIpc) is 2.97. The topological polar surface area (TPSA) is 25.2 Å². The second-order valence-corrected chi connectivity index (χ2v) is 5.74. The Hall–Kier alpha value is -1.19. The van der Waals surface area contributed by atoms with Crippen molar-refractivity contribution in [2.24, 2.45) is 0 Å². The molecule has 2 unspecified atom stereocenters. The Balaban J connectivity index is 2.02. The van der Waals surface area contributed by atoms with E-state index < -0.39 is 0 Å². The lowest BCUT2D eigenvalue weighted by atomic mass is 10.0. The van der Waals surface area contributed by atoms with Gasteiger partial charge in [0.25, 0.3) is 0 Å². The molecule has 0 aliphatic carbocycles. The van der Waals surface area contributed by atoms with Gasteiger partial charge in [0, 0.05) is 11.3 Å². The van der Waals surface area contributed by atoms with Gasteiger partial charge in [0.1, 0.15) is 5.76 Å². The summed E-state index contributed by atoms with van der Waals surface area (Å²) in [5.74, 6) is 1.97. The highest BCUT2D eigenvalue weighted by Crippen LogP contribution is 2.31. The smallest absolute Gasteiger partial charge is 0.113 e. The highest BCUT2D eigenvalue weighted by molar-refractivity contribution is 7.99. The molecular formula is C16H21NOS. The molecule has 2 nitrogen and oxygen atoms in total. The maximum absolute atomic E-state index is 5.41. The van der Waals surface area contributed by atoms with Crippen LogP contribution in [-0.2, 0) is 5.75 Å². The number of benzene rings is 1. The van der Waals surface area contributed by atoms with Gasteiger partial charge in [0.15, 0.2) is 0 Å². The van der Waals surface area contributed by atoms with Gasteiger partial charge in [-0.15, -0.1) is 11.8 Å². The lowest BCUT2D eigenvalue weighted by Crippen LogP contribution is -2.27. The van der Waals surface area contributed by atoms with E-state index in [2.05, 4.69) is 42.6 Å².